The number of nitrogens with zero attached hydrogens (tertiary/aromatic N) is 5. The molecule has 4 heterocycles. The van der Waals surface area contributed by atoms with Crippen LogP contribution in [0.25, 0.3) is 27.6 Å². The van der Waals surface area contributed by atoms with Gasteiger partial charge in [-0.15, -0.1) is 0 Å². The fourth-order valence-electron chi connectivity index (χ4n) is 10.2. The van der Waals surface area contributed by atoms with Crippen molar-refractivity contribution in [1.82, 2.24) is 14.5 Å². The van der Waals surface area contributed by atoms with Crippen LogP contribution in [-0.2, 0) is 5.41 Å². The number of benzene rings is 3. The van der Waals surface area contributed by atoms with Crippen LogP contribution in [0.5, 0.6) is 11.5 Å². The highest BCUT2D eigenvalue weighted by molar-refractivity contribution is 6.09. The zero-order valence-corrected chi connectivity index (χ0v) is 28.6. The number of aromatic nitrogens is 3. The van der Waals surface area contributed by atoms with Gasteiger partial charge in [0.1, 0.15) is 17.3 Å². The highest BCUT2D eigenvalue weighted by atomic mass is 16.5. The van der Waals surface area contributed by atoms with Crippen molar-refractivity contribution in [2.24, 2.45) is 17.8 Å². The summed E-state index contributed by atoms with van der Waals surface area (Å²) in [7, 11) is 0. The van der Waals surface area contributed by atoms with E-state index in [-0.39, 0.29) is 11.0 Å². The summed E-state index contributed by atoms with van der Waals surface area (Å²) < 4.78 is 8.96. The van der Waals surface area contributed by atoms with Crippen molar-refractivity contribution < 1.29 is 4.74 Å². The quantitative estimate of drug-likeness (QED) is 0.187. The molecule has 5 aliphatic rings. The number of hydrogen-bond donors (Lipinski definition) is 0. The van der Waals surface area contributed by atoms with Crippen LogP contribution in [0.15, 0.2) is 104 Å². The van der Waals surface area contributed by atoms with Crippen LogP contribution in [0.4, 0.5) is 17.1 Å². The molecular formula is C43H43N5O. The molecule has 49 heavy (non-hydrogen) atoms. The first-order valence-corrected chi connectivity index (χ1v) is 18.1. The van der Waals surface area contributed by atoms with Gasteiger partial charge in [0.25, 0.3) is 0 Å². The molecular weight excluding hydrogens is 603 g/mol. The van der Waals surface area contributed by atoms with E-state index in [1.807, 2.05) is 12.4 Å². The highest BCUT2D eigenvalue weighted by Crippen LogP contribution is 2.60. The van der Waals surface area contributed by atoms with E-state index in [0.29, 0.717) is 0 Å². The van der Waals surface area contributed by atoms with Crippen LogP contribution in [0, 0.1) is 17.8 Å². The SMILES string of the molecule is CC(C)(C)c1ccnc(-n2c3ccccc3c3ccc(Oc4cccc(N5CN(C67CC8CC(CC(C8)C6)C7)c6cnccc65)c4)cc32)c1. The zero-order valence-electron chi connectivity index (χ0n) is 28.6. The van der Waals surface area contributed by atoms with Gasteiger partial charge in [0, 0.05) is 46.5 Å². The van der Waals surface area contributed by atoms with Gasteiger partial charge in [-0.1, -0.05) is 45.0 Å². The van der Waals surface area contributed by atoms with Crippen molar-refractivity contribution in [3.63, 3.8) is 0 Å². The van der Waals surface area contributed by atoms with E-state index >= 15 is 0 Å². The second kappa shape index (κ2) is 10.6. The second-order valence-corrected chi connectivity index (χ2v) is 16.3. The van der Waals surface area contributed by atoms with Crippen molar-refractivity contribution in [2.45, 2.75) is 70.3 Å². The Morgan fingerprint density at radius 3 is 2.27 bits per heavy atom. The highest BCUT2D eigenvalue weighted by Gasteiger charge is 2.55. The maximum Gasteiger partial charge on any atom is 0.137 e. The zero-order chi connectivity index (χ0) is 32.9. The van der Waals surface area contributed by atoms with Crippen molar-refractivity contribution >= 4 is 38.9 Å². The Kier molecular flexibility index (Phi) is 6.28. The van der Waals surface area contributed by atoms with Gasteiger partial charge in [-0.25, -0.2) is 4.98 Å². The first-order chi connectivity index (χ1) is 23.8. The third-order valence-electron chi connectivity index (χ3n) is 12.1. The normalized spacial score (nSPS) is 24.3. The van der Waals surface area contributed by atoms with Crippen LogP contribution >= 0.6 is 0 Å². The standard InChI is InChI=1S/C43H43N5O/c1-42(2,3)31-13-16-45-41(20-31)48-37-10-5-4-9-35(37)36-12-11-34(22-39(36)48)49-33-8-6-7-32(21-33)46-27-47(40-26-44-15-14-38(40)46)43-23-28-17-29(24-43)19-30(18-28)25-43/h4-16,20-22,26,28-30H,17-19,23-25,27H2,1-3H3. The van der Waals surface area contributed by atoms with Crippen molar-refractivity contribution in [3.8, 4) is 17.3 Å². The molecule has 4 saturated carbocycles. The molecule has 0 saturated heterocycles. The fourth-order valence-corrected chi connectivity index (χ4v) is 10.2. The number of para-hydroxylation sites is 1. The number of fused-ring (bicyclic) bond motifs is 4. The number of anilines is 3. The average Bonchev–Trinajstić information content (AvgIpc) is 3.64. The largest absolute Gasteiger partial charge is 0.457 e. The molecule has 11 rings (SSSR count). The molecule has 0 atom stereocenters. The van der Waals surface area contributed by atoms with E-state index in [1.54, 1.807) is 0 Å². The van der Waals surface area contributed by atoms with Gasteiger partial charge < -0.3 is 14.5 Å². The number of hydrogen-bond acceptors (Lipinski definition) is 5. The smallest absolute Gasteiger partial charge is 0.137 e. The second-order valence-electron chi connectivity index (χ2n) is 16.3. The number of pyridine rings is 2. The van der Waals surface area contributed by atoms with E-state index in [2.05, 4.69) is 131 Å². The fraction of sp³-hybridized carbons (Fsp3) is 0.349. The molecule has 0 amide bonds. The molecule has 6 heteroatoms. The van der Waals surface area contributed by atoms with Crippen molar-refractivity contribution in [3.05, 3.63) is 109 Å². The van der Waals surface area contributed by atoms with Crippen molar-refractivity contribution in [2.75, 3.05) is 16.5 Å². The van der Waals surface area contributed by atoms with E-state index in [4.69, 9.17) is 9.72 Å². The maximum absolute atomic E-state index is 6.68. The summed E-state index contributed by atoms with van der Waals surface area (Å²) in [6.45, 7) is 7.60. The lowest BCUT2D eigenvalue weighted by Crippen LogP contribution is -2.60. The summed E-state index contributed by atoms with van der Waals surface area (Å²) in [5, 5.41) is 2.39. The summed E-state index contributed by atoms with van der Waals surface area (Å²) in [6, 6.07) is 30.2. The topological polar surface area (TPSA) is 46.4 Å². The molecule has 4 aliphatic carbocycles. The van der Waals surface area contributed by atoms with E-state index in [1.165, 1.54) is 66.2 Å². The molecule has 6 nitrogen and oxygen atoms in total. The Labute approximate surface area is 288 Å². The first kappa shape index (κ1) is 29.1. The molecule has 0 unspecified atom stereocenters. The third kappa shape index (κ3) is 4.67. The minimum atomic E-state index is 0.0222. The molecule has 3 aromatic carbocycles. The van der Waals surface area contributed by atoms with Gasteiger partial charge in [-0.3, -0.25) is 9.55 Å². The van der Waals surface area contributed by atoms with Crippen LogP contribution in [0.2, 0.25) is 0 Å². The Balaban J connectivity index is 0.997. The predicted molar refractivity (Wildman–Crippen MR) is 198 cm³/mol. The van der Waals surface area contributed by atoms with Crippen LogP contribution < -0.4 is 14.5 Å². The molecule has 0 N–H and O–H groups in total. The summed E-state index contributed by atoms with van der Waals surface area (Å²) in [4.78, 5) is 14.7. The van der Waals surface area contributed by atoms with Crippen LogP contribution in [0.3, 0.4) is 0 Å². The Hall–Kier alpha value is -4.84. The van der Waals surface area contributed by atoms with Gasteiger partial charge in [0.2, 0.25) is 0 Å². The van der Waals surface area contributed by atoms with Crippen LogP contribution in [0.1, 0.15) is 64.9 Å². The Morgan fingerprint density at radius 1 is 0.714 bits per heavy atom. The molecule has 246 valence electrons. The van der Waals surface area contributed by atoms with E-state index in [9.17, 15) is 0 Å². The van der Waals surface area contributed by atoms with Gasteiger partial charge in [-0.05, 0) is 116 Å². The predicted octanol–water partition coefficient (Wildman–Crippen LogP) is 10.5. The third-order valence-corrected chi connectivity index (χ3v) is 12.1. The lowest BCUT2D eigenvalue weighted by molar-refractivity contribution is -0.00341. The summed E-state index contributed by atoms with van der Waals surface area (Å²) in [6.07, 6.45) is 14.3. The number of ether oxygens (including phenoxy) is 1. The summed E-state index contributed by atoms with van der Waals surface area (Å²) in [5.74, 6) is 5.24. The van der Waals surface area contributed by atoms with Gasteiger partial charge in [-0.2, -0.15) is 0 Å². The maximum atomic E-state index is 6.68. The molecule has 0 radical (unpaired) electrons. The minimum Gasteiger partial charge on any atom is -0.457 e. The van der Waals surface area contributed by atoms with Gasteiger partial charge >= 0.3 is 0 Å². The van der Waals surface area contributed by atoms with E-state index in [0.717, 1.165) is 58.5 Å². The summed E-state index contributed by atoms with van der Waals surface area (Å²) >= 11 is 0. The number of rotatable bonds is 5. The molecule has 4 bridgehead atoms. The lowest BCUT2D eigenvalue weighted by Gasteiger charge is -2.60. The molecule has 0 spiro atoms. The van der Waals surface area contributed by atoms with Crippen LogP contribution in [-0.4, -0.2) is 26.7 Å². The average molecular weight is 646 g/mol. The monoisotopic (exact) mass is 645 g/mol. The first-order valence-electron chi connectivity index (χ1n) is 18.1. The molecule has 4 fully saturated rings. The van der Waals surface area contributed by atoms with Gasteiger partial charge in [0.15, 0.2) is 0 Å². The summed E-state index contributed by atoms with van der Waals surface area (Å²) in [5.41, 5.74) is 7.46. The minimum absolute atomic E-state index is 0.0222. The molecule has 1 aliphatic heterocycles. The van der Waals surface area contributed by atoms with Gasteiger partial charge in [0.05, 0.1) is 35.3 Å². The molecule has 6 aromatic rings. The lowest BCUT2D eigenvalue weighted by atomic mass is 9.52. The molecule has 3 aromatic heterocycles. The Bertz CT molecular complexity index is 2210. The Morgan fingerprint density at radius 2 is 1.47 bits per heavy atom. The van der Waals surface area contributed by atoms with E-state index < -0.39 is 0 Å². The van der Waals surface area contributed by atoms with Crippen molar-refractivity contribution in [1.29, 1.82) is 0 Å².